The molecule has 0 fully saturated rings. The second-order valence-corrected chi connectivity index (χ2v) is 2.77. The highest BCUT2D eigenvalue weighted by Gasteiger charge is 1.99. The Morgan fingerprint density at radius 1 is 1.67 bits per heavy atom. The molecule has 1 aromatic heterocycles. The van der Waals surface area contributed by atoms with Crippen molar-refractivity contribution in [2.45, 2.75) is 19.9 Å². The molecule has 1 unspecified atom stereocenters. The van der Waals surface area contributed by atoms with Crippen molar-refractivity contribution in [3.8, 4) is 0 Å². The van der Waals surface area contributed by atoms with Crippen LogP contribution in [0.25, 0.3) is 0 Å². The average Bonchev–Trinajstić information content (AvgIpc) is 2.04. The van der Waals surface area contributed by atoms with Crippen LogP contribution in [0.2, 0.25) is 0 Å². The number of aromatic nitrogens is 2. The second-order valence-electron chi connectivity index (χ2n) is 2.77. The van der Waals surface area contributed by atoms with Gasteiger partial charge in [0.05, 0.1) is 0 Å². The van der Waals surface area contributed by atoms with E-state index in [0.717, 1.165) is 11.6 Å². The molecule has 0 saturated heterocycles. The Morgan fingerprint density at radius 2 is 2.42 bits per heavy atom. The first-order chi connectivity index (χ1) is 5.72. The molecule has 0 aliphatic heterocycles. The zero-order chi connectivity index (χ0) is 8.97. The van der Waals surface area contributed by atoms with Gasteiger partial charge in [-0.3, -0.25) is 0 Å². The van der Waals surface area contributed by atoms with E-state index >= 15 is 0 Å². The van der Waals surface area contributed by atoms with Gasteiger partial charge in [0.2, 0.25) is 0 Å². The minimum atomic E-state index is 0.249. The Hall–Kier alpha value is -1.16. The number of hydrogen-bond donors (Lipinski definition) is 2. The number of rotatable bonds is 3. The number of nitrogens with two attached hydrogens (primary N) is 1. The van der Waals surface area contributed by atoms with E-state index in [4.69, 9.17) is 5.73 Å². The molecule has 66 valence electrons. The zero-order valence-electron chi connectivity index (χ0n) is 7.41. The molecule has 1 aromatic rings. The van der Waals surface area contributed by atoms with Crippen LogP contribution in [0, 0.1) is 6.92 Å². The van der Waals surface area contributed by atoms with Gasteiger partial charge >= 0.3 is 0 Å². The molecular formula is C8H14N4. The Kier molecular flexibility index (Phi) is 2.99. The van der Waals surface area contributed by atoms with Crippen LogP contribution in [0.4, 0.5) is 5.82 Å². The molecule has 0 radical (unpaired) electrons. The molecule has 0 aliphatic carbocycles. The lowest BCUT2D eigenvalue weighted by Gasteiger charge is -2.11. The number of hydrogen-bond acceptors (Lipinski definition) is 4. The maximum atomic E-state index is 5.45. The minimum Gasteiger partial charge on any atom is -0.366 e. The van der Waals surface area contributed by atoms with Crippen molar-refractivity contribution in [3.63, 3.8) is 0 Å². The number of nitrogens with zero attached hydrogens (tertiary/aromatic N) is 2. The summed E-state index contributed by atoms with van der Waals surface area (Å²) in [4.78, 5) is 8.17. The molecule has 0 saturated carbocycles. The van der Waals surface area contributed by atoms with Crippen molar-refractivity contribution >= 4 is 5.82 Å². The summed E-state index contributed by atoms with van der Waals surface area (Å²) in [6, 6.07) is 2.08. The van der Waals surface area contributed by atoms with E-state index in [1.165, 1.54) is 0 Å². The van der Waals surface area contributed by atoms with Gasteiger partial charge in [-0.15, -0.1) is 0 Å². The Bertz CT molecular complexity index is 249. The van der Waals surface area contributed by atoms with Crippen LogP contribution in [0.1, 0.15) is 12.7 Å². The van der Waals surface area contributed by atoms with E-state index in [0.29, 0.717) is 6.54 Å². The van der Waals surface area contributed by atoms with Gasteiger partial charge in [-0.2, -0.15) is 0 Å². The van der Waals surface area contributed by atoms with Gasteiger partial charge in [-0.25, -0.2) is 9.97 Å². The third-order valence-corrected chi connectivity index (χ3v) is 1.52. The van der Waals surface area contributed by atoms with Crippen molar-refractivity contribution in [2.75, 3.05) is 11.9 Å². The van der Waals surface area contributed by atoms with Crippen LogP contribution in [-0.2, 0) is 0 Å². The molecule has 0 aliphatic rings. The summed E-state index contributed by atoms with van der Waals surface area (Å²) in [5.74, 6) is 1.60. The normalized spacial score (nSPS) is 12.6. The van der Waals surface area contributed by atoms with E-state index in [1.807, 2.05) is 19.9 Å². The predicted molar refractivity (Wildman–Crippen MR) is 48.9 cm³/mol. The highest BCUT2D eigenvalue weighted by Crippen LogP contribution is 2.02. The number of anilines is 1. The van der Waals surface area contributed by atoms with Crippen LogP contribution < -0.4 is 11.1 Å². The van der Waals surface area contributed by atoms with E-state index in [2.05, 4.69) is 15.3 Å². The summed E-state index contributed by atoms with van der Waals surface area (Å²) < 4.78 is 0. The average molecular weight is 166 g/mol. The fourth-order valence-corrected chi connectivity index (χ4v) is 0.848. The molecule has 0 spiro atoms. The molecule has 4 nitrogen and oxygen atoms in total. The first-order valence-corrected chi connectivity index (χ1v) is 3.98. The third kappa shape index (κ3) is 2.47. The largest absolute Gasteiger partial charge is 0.366 e. The fourth-order valence-electron chi connectivity index (χ4n) is 0.848. The van der Waals surface area contributed by atoms with Gasteiger partial charge < -0.3 is 11.1 Å². The SMILES string of the molecule is Cc1nccc(NC(C)CN)n1. The summed E-state index contributed by atoms with van der Waals surface area (Å²) in [5.41, 5.74) is 5.45. The van der Waals surface area contributed by atoms with Crippen LogP contribution in [-0.4, -0.2) is 22.6 Å². The van der Waals surface area contributed by atoms with E-state index in [-0.39, 0.29) is 6.04 Å². The summed E-state index contributed by atoms with van der Waals surface area (Å²) >= 11 is 0. The molecule has 1 heterocycles. The summed E-state index contributed by atoms with van der Waals surface area (Å²) in [6.07, 6.45) is 1.73. The zero-order valence-corrected chi connectivity index (χ0v) is 7.41. The number of nitrogens with one attached hydrogen (secondary N) is 1. The highest BCUT2D eigenvalue weighted by molar-refractivity contribution is 5.33. The van der Waals surface area contributed by atoms with Crippen LogP contribution in [0.15, 0.2) is 12.3 Å². The van der Waals surface area contributed by atoms with Crippen molar-refractivity contribution in [3.05, 3.63) is 18.1 Å². The van der Waals surface area contributed by atoms with Crippen LogP contribution in [0.3, 0.4) is 0 Å². The molecule has 12 heavy (non-hydrogen) atoms. The molecule has 3 N–H and O–H groups in total. The van der Waals surface area contributed by atoms with Gasteiger partial charge in [0, 0.05) is 18.8 Å². The van der Waals surface area contributed by atoms with Crippen molar-refractivity contribution in [2.24, 2.45) is 5.73 Å². The smallest absolute Gasteiger partial charge is 0.129 e. The lowest BCUT2D eigenvalue weighted by Crippen LogP contribution is -2.25. The molecular weight excluding hydrogens is 152 g/mol. The van der Waals surface area contributed by atoms with E-state index in [9.17, 15) is 0 Å². The minimum absolute atomic E-state index is 0.249. The second kappa shape index (κ2) is 4.01. The highest BCUT2D eigenvalue weighted by atomic mass is 15.0. The lowest BCUT2D eigenvalue weighted by atomic mass is 10.3. The van der Waals surface area contributed by atoms with Gasteiger partial charge in [0.1, 0.15) is 11.6 Å². The van der Waals surface area contributed by atoms with Gasteiger partial charge in [0.25, 0.3) is 0 Å². The van der Waals surface area contributed by atoms with E-state index in [1.54, 1.807) is 6.20 Å². The number of aryl methyl sites for hydroxylation is 1. The Labute approximate surface area is 72.2 Å². The van der Waals surface area contributed by atoms with Crippen molar-refractivity contribution in [1.82, 2.24) is 9.97 Å². The molecule has 1 atom stereocenters. The lowest BCUT2D eigenvalue weighted by molar-refractivity contribution is 0.795. The van der Waals surface area contributed by atoms with Gasteiger partial charge in [-0.1, -0.05) is 0 Å². The molecule has 0 amide bonds. The molecule has 0 aromatic carbocycles. The van der Waals surface area contributed by atoms with Crippen LogP contribution in [0.5, 0.6) is 0 Å². The standard InChI is InChI=1S/C8H14N4/c1-6(5-9)11-8-3-4-10-7(2)12-8/h3-4,6H,5,9H2,1-2H3,(H,10,11,12). The summed E-state index contributed by atoms with van der Waals surface area (Å²) in [7, 11) is 0. The maximum Gasteiger partial charge on any atom is 0.129 e. The van der Waals surface area contributed by atoms with E-state index < -0.39 is 0 Å². The van der Waals surface area contributed by atoms with Crippen LogP contribution >= 0.6 is 0 Å². The first-order valence-electron chi connectivity index (χ1n) is 3.98. The fraction of sp³-hybridized carbons (Fsp3) is 0.500. The quantitative estimate of drug-likeness (QED) is 0.688. The predicted octanol–water partition coefficient (Wildman–Crippen LogP) is 0.544. The molecule has 1 rings (SSSR count). The Balaban J connectivity index is 2.63. The van der Waals surface area contributed by atoms with Gasteiger partial charge in [-0.05, 0) is 19.9 Å². The third-order valence-electron chi connectivity index (χ3n) is 1.52. The first kappa shape index (κ1) is 8.93. The maximum absolute atomic E-state index is 5.45. The summed E-state index contributed by atoms with van der Waals surface area (Å²) in [5, 5.41) is 3.16. The van der Waals surface area contributed by atoms with Crippen molar-refractivity contribution < 1.29 is 0 Å². The van der Waals surface area contributed by atoms with Crippen molar-refractivity contribution in [1.29, 1.82) is 0 Å². The monoisotopic (exact) mass is 166 g/mol. The Morgan fingerprint density at radius 3 is 3.00 bits per heavy atom. The molecule has 4 heteroatoms. The topological polar surface area (TPSA) is 63.8 Å². The summed E-state index contributed by atoms with van der Waals surface area (Å²) in [6.45, 7) is 4.47. The molecule has 0 bridgehead atoms. The van der Waals surface area contributed by atoms with Gasteiger partial charge in [0.15, 0.2) is 0 Å².